The van der Waals surface area contributed by atoms with E-state index in [1.807, 2.05) is 24.3 Å². The van der Waals surface area contributed by atoms with E-state index in [9.17, 15) is 0 Å². The molecule has 0 spiro atoms. The SMILES string of the molecule is Nc1cc(Br)ccc1NCCCc1ccccc1. The number of benzene rings is 2. The zero-order valence-electron chi connectivity index (χ0n) is 10.2. The smallest absolute Gasteiger partial charge is 0.0574 e. The van der Waals surface area contributed by atoms with Crippen LogP contribution in [0.3, 0.4) is 0 Å². The largest absolute Gasteiger partial charge is 0.397 e. The number of anilines is 2. The van der Waals surface area contributed by atoms with Crippen molar-refractivity contribution in [3.63, 3.8) is 0 Å². The van der Waals surface area contributed by atoms with Crippen LogP contribution in [0.4, 0.5) is 11.4 Å². The quantitative estimate of drug-likeness (QED) is 0.645. The summed E-state index contributed by atoms with van der Waals surface area (Å²) in [6.45, 7) is 0.931. The molecule has 3 N–H and O–H groups in total. The van der Waals surface area contributed by atoms with Crippen LogP contribution in [0.1, 0.15) is 12.0 Å². The lowest BCUT2D eigenvalue weighted by Gasteiger charge is -2.09. The van der Waals surface area contributed by atoms with Crippen LogP contribution < -0.4 is 11.1 Å². The molecule has 0 radical (unpaired) electrons. The zero-order valence-corrected chi connectivity index (χ0v) is 11.8. The molecule has 0 aromatic heterocycles. The molecule has 0 fully saturated rings. The average molecular weight is 305 g/mol. The van der Waals surface area contributed by atoms with Gasteiger partial charge in [0, 0.05) is 11.0 Å². The Hall–Kier alpha value is -1.48. The number of hydrogen-bond acceptors (Lipinski definition) is 2. The van der Waals surface area contributed by atoms with Gasteiger partial charge < -0.3 is 11.1 Å². The summed E-state index contributed by atoms with van der Waals surface area (Å²) >= 11 is 3.40. The van der Waals surface area contributed by atoms with E-state index in [0.717, 1.165) is 35.2 Å². The summed E-state index contributed by atoms with van der Waals surface area (Å²) in [6, 6.07) is 16.4. The first-order chi connectivity index (χ1) is 8.75. The van der Waals surface area contributed by atoms with E-state index >= 15 is 0 Å². The molecule has 0 heterocycles. The van der Waals surface area contributed by atoms with Gasteiger partial charge in [0.05, 0.1) is 11.4 Å². The maximum Gasteiger partial charge on any atom is 0.0574 e. The van der Waals surface area contributed by atoms with Crippen molar-refractivity contribution in [1.29, 1.82) is 0 Å². The van der Waals surface area contributed by atoms with Crippen LogP contribution in [-0.4, -0.2) is 6.54 Å². The molecule has 2 aromatic carbocycles. The van der Waals surface area contributed by atoms with Crippen LogP contribution in [0.2, 0.25) is 0 Å². The third-order valence-corrected chi connectivity index (χ3v) is 3.31. The molecule has 2 aromatic rings. The van der Waals surface area contributed by atoms with E-state index in [4.69, 9.17) is 5.73 Å². The van der Waals surface area contributed by atoms with Gasteiger partial charge in [-0.3, -0.25) is 0 Å². The molecule has 0 unspecified atom stereocenters. The van der Waals surface area contributed by atoms with Gasteiger partial charge in [0.15, 0.2) is 0 Å². The number of nitrogens with one attached hydrogen (secondary N) is 1. The highest BCUT2D eigenvalue weighted by Gasteiger charge is 1.99. The minimum absolute atomic E-state index is 0.782. The predicted octanol–water partition coefficient (Wildman–Crippen LogP) is 4.08. The topological polar surface area (TPSA) is 38.0 Å². The molecule has 0 aliphatic carbocycles. The van der Waals surface area contributed by atoms with Gasteiger partial charge in [-0.15, -0.1) is 0 Å². The molecule has 0 aliphatic rings. The van der Waals surface area contributed by atoms with E-state index in [2.05, 4.69) is 45.5 Å². The van der Waals surface area contributed by atoms with Gasteiger partial charge in [-0.25, -0.2) is 0 Å². The first kappa shape index (κ1) is 13.0. The maximum atomic E-state index is 5.92. The van der Waals surface area contributed by atoms with Gasteiger partial charge in [0.2, 0.25) is 0 Å². The van der Waals surface area contributed by atoms with Crippen molar-refractivity contribution in [3.8, 4) is 0 Å². The second-order valence-electron chi connectivity index (χ2n) is 4.25. The van der Waals surface area contributed by atoms with Crippen LogP contribution in [0.15, 0.2) is 53.0 Å². The third-order valence-electron chi connectivity index (χ3n) is 2.81. The Morgan fingerprint density at radius 1 is 1.06 bits per heavy atom. The van der Waals surface area contributed by atoms with Crippen molar-refractivity contribution < 1.29 is 0 Å². The van der Waals surface area contributed by atoms with E-state index in [1.165, 1.54) is 5.56 Å². The molecule has 0 bridgehead atoms. The van der Waals surface area contributed by atoms with Crippen molar-refractivity contribution >= 4 is 27.3 Å². The predicted molar refractivity (Wildman–Crippen MR) is 81.8 cm³/mol. The molecular weight excluding hydrogens is 288 g/mol. The van der Waals surface area contributed by atoms with Crippen molar-refractivity contribution in [2.75, 3.05) is 17.6 Å². The van der Waals surface area contributed by atoms with Gasteiger partial charge in [0.1, 0.15) is 0 Å². The zero-order chi connectivity index (χ0) is 12.8. The third kappa shape index (κ3) is 3.77. The molecule has 2 nitrogen and oxygen atoms in total. The highest BCUT2D eigenvalue weighted by Crippen LogP contribution is 2.22. The molecule has 0 saturated heterocycles. The van der Waals surface area contributed by atoms with Crippen molar-refractivity contribution in [2.24, 2.45) is 0 Å². The molecule has 3 heteroatoms. The van der Waals surface area contributed by atoms with Gasteiger partial charge in [-0.05, 0) is 36.6 Å². The van der Waals surface area contributed by atoms with E-state index < -0.39 is 0 Å². The highest BCUT2D eigenvalue weighted by molar-refractivity contribution is 9.10. The van der Waals surface area contributed by atoms with Gasteiger partial charge in [0.25, 0.3) is 0 Å². The molecule has 0 amide bonds. The fourth-order valence-corrected chi connectivity index (χ4v) is 2.23. The molecule has 94 valence electrons. The summed E-state index contributed by atoms with van der Waals surface area (Å²) in [5, 5.41) is 3.36. The molecule has 2 rings (SSSR count). The summed E-state index contributed by atoms with van der Waals surface area (Å²) in [5.74, 6) is 0. The van der Waals surface area contributed by atoms with Crippen LogP contribution in [0.25, 0.3) is 0 Å². The Balaban J connectivity index is 1.79. The Bertz CT molecular complexity index is 497. The number of nitrogen functional groups attached to an aromatic ring is 1. The molecule has 18 heavy (non-hydrogen) atoms. The Morgan fingerprint density at radius 3 is 2.56 bits per heavy atom. The van der Waals surface area contributed by atoms with E-state index in [1.54, 1.807) is 0 Å². The second-order valence-corrected chi connectivity index (χ2v) is 5.16. The fraction of sp³-hybridized carbons (Fsp3) is 0.200. The standard InChI is InChI=1S/C15H17BrN2/c16-13-8-9-15(14(17)11-13)18-10-4-7-12-5-2-1-3-6-12/h1-3,5-6,8-9,11,18H,4,7,10,17H2. The van der Waals surface area contributed by atoms with Gasteiger partial charge in [-0.1, -0.05) is 46.3 Å². The molecule has 0 saturated carbocycles. The molecule has 0 aliphatic heterocycles. The van der Waals surface area contributed by atoms with Crippen molar-refractivity contribution in [3.05, 3.63) is 58.6 Å². The summed E-state index contributed by atoms with van der Waals surface area (Å²) in [7, 11) is 0. The lowest BCUT2D eigenvalue weighted by molar-refractivity contribution is 0.863. The summed E-state index contributed by atoms with van der Waals surface area (Å²) in [5.41, 5.74) is 9.09. The monoisotopic (exact) mass is 304 g/mol. The number of halogens is 1. The van der Waals surface area contributed by atoms with Gasteiger partial charge in [-0.2, -0.15) is 0 Å². The highest BCUT2D eigenvalue weighted by atomic mass is 79.9. The van der Waals surface area contributed by atoms with Crippen LogP contribution in [-0.2, 0) is 6.42 Å². The second kappa shape index (κ2) is 6.45. The molecular formula is C15H17BrN2. The van der Waals surface area contributed by atoms with Crippen LogP contribution in [0.5, 0.6) is 0 Å². The number of nitrogens with two attached hydrogens (primary N) is 1. The van der Waals surface area contributed by atoms with Crippen LogP contribution >= 0.6 is 15.9 Å². The fourth-order valence-electron chi connectivity index (χ4n) is 1.85. The average Bonchev–Trinajstić information content (AvgIpc) is 2.38. The Kier molecular flexibility index (Phi) is 4.65. The van der Waals surface area contributed by atoms with E-state index in [-0.39, 0.29) is 0 Å². The first-order valence-corrected chi connectivity index (χ1v) is 6.88. The minimum atomic E-state index is 0.782. The Labute approximate surface area is 116 Å². The van der Waals surface area contributed by atoms with Crippen molar-refractivity contribution in [1.82, 2.24) is 0 Å². The van der Waals surface area contributed by atoms with Crippen LogP contribution in [0, 0.1) is 0 Å². The summed E-state index contributed by atoms with van der Waals surface area (Å²) < 4.78 is 1.01. The number of hydrogen-bond donors (Lipinski definition) is 2. The normalized spacial score (nSPS) is 10.3. The lowest BCUT2D eigenvalue weighted by atomic mass is 10.1. The van der Waals surface area contributed by atoms with Gasteiger partial charge >= 0.3 is 0 Å². The summed E-state index contributed by atoms with van der Waals surface area (Å²) in [4.78, 5) is 0. The summed E-state index contributed by atoms with van der Waals surface area (Å²) in [6.07, 6.45) is 2.18. The number of aryl methyl sites for hydroxylation is 1. The van der Waals surface area contributed by atoms with E-state index in [0.29, 0.717) is 0 Å². The Morgan fingerprint density at radius 2 is 1.83 bits per heavy atom. The lowest BCUT2D eigenvalue weighted by Crippen LogP contribution is -2.05. The minimum Gasteiger partial charge on any atom is -0.397 e. The van der Waals surface area contributed by atoms with Crippen molar-refractivity contribution in [2.45, 2.75) is 12.8 Å². The molecule has 0 atom stereocenters. The first-order valence-electron chi connectivity index (χ1n) is 6.08. The maximum absolute atomic E-state index is 5.92. The number of rotatable bonds is 5.